The van der Waals surface area contributed by atoms with Gasteiger partial charge in [-0.1, -0.05) is 43.7 Å². The number of rotatable bonds is 5. The maximum absolute atomic E-state index is 13.8. The second-order valence-corrected chi connectivity index (χ2v) is 4.92. The summed E-state index contributed by atoms with van der Waals surface area (Å²) in [5.74, 6) is -1.58. The highest BCUT2D eigenvalue weighted by Gasteiger charge is 2.14. The SMILES string of the molecule is CCCc1ccccc1NC(C)c1cccc(F)c1F. The number of hydrogen-bond donors (Lipinski definition) is 1. The Morgan fingerprint density at radius 3 is 2.55 bits per heavy atom. The van der Waals surface area contributed by atoms with Gasteiger partial charge in [0.15, 0.2) is 11.6 Å². The summed E-state index contributed by atoms with van der Waals surface area (Å²) in [4.78, 5) is 0. The van der Waals surface area contributed by atoms with Gasteiger partial charge < -0.3 is 5.32 Å². The van der Waals surface area contributed by atoms with Crippen molar-refractivity contribution in [3.05, 3.63) is 65.2 Å². The number of benzene rings is 2. The van der Waals surface area contributed by atoms with Crippen molar-refractivity contribution >= 4 is 5.69 Å². The predicted octanol–water partition coefficient (Wildman–Crippen LogP) is 5.09. The molecule has 0 bridgehead atoms. The Morgan fingerprint density at radius 2 is 1.80 bits per heavy atom. The van der Waals surface area contributed by atoms with Crippen LogP contribution in [-0.4, -0.2) is 0 Å². The lowest BCUT2D eigenvalue weighted by Crippen LogP contribution is -2.11. The van der Waals surface area contributed by atoms with Gasteiger partial charge >= 0.3 is 0 Å². The fourth-order valence-corrected chi connectivity index (χ4v) is 2.31. The minimum atomic E-state index is -0.807. The van der Waals surface area contributed by atoms with Crippen LogP contribution in [0, 0.1) is 11.6 Å². The van der Waals surface area contributed by atoms with Gasteiger partial charge in [-0.15, -0.1) is 0 Å². The fourth-order valence-electron chi connectivity index (χ4n) is 2.31. The van der Waals surface area contributed by atoms with E-state index in [0.29, 0.717) is 5.56 Å². The zero-order valence-corrected chi connectivity index (χ0v) is 11.8. The lowest BCUT2D eigenvalue weighted by atomic mass is 10.0. The molecule has 0 amide bonds. The molecular formula is C17H19F2N. The standard InChI is InChI=1S/C17H19F2N/c1-3-7-13-8-4-5-11-16(13)20-12(2)14-9-6-10-15(18)17(14)19/h4-6,8-12,20H,3,7H2,1-2H3. The average Bonchev–Trinajstić information content (AvgIpc) is 2.44. The Balaban J connectivity index is 2.23. The first kappa shape index (κ1) is 14.5. The van der Waals surface area contributed by atoms with Crippen LogP contribution in [-0.2, 0) is 6.42 Å². The Morgan fingerprint density at radius 1 is 1.05 bits per heavy atom. The van der Waals surface area contributed by atoms with Crippen LogP contribution >= 0.6 is 0 Å². The summed E-state index contributed by atoms with van der Waals surface area (Å²) in [7, 11) is 0. The summed E-state index contributed by atoms with van der Waals surface area (Å²) in [6, 6.07) is 11.9. The summed E-state index contributed by atoms with van der Waals surface area (Å²) in [5.41, 5.74) is 2.51. The van der Waals surface area contributed by atoms with Crippen molar-refractivity contribution in [3.63, 3.8) is 0 Å². The third-order valence-corrected chi connectivity index (χ3v) is 3.36. The minimum absolute atomic E-state index is 0.288. The van der Waals surface area contributed by atoms with Crippen LogP contribution in [0.3, 0.4) is 0 Å². The highest BCUT2D eigenvalue weighted by Crippen LogP contribution is 2.25. The minimum Gasteiger partial charge on any atom is -0.378 e. The van der Waals surface area contributed by atoms with Gasteiger partial charge in [0, 0.05) is 11.3 Å². The quantitative estimate of drug-likeness (QED) is 0.801. The number of para-hydroxylation sites is 1. The zero-order valence-electron chi connectivity index (χ0n) is 11.8. The van der Waals surface area contributed by atoms with Crippen molar-refractivity contribution < 1.29 is 8.78 Å². The van der Waals surface area contributed by atoms with Crippen molar-refractivity contribution in [1.82, 2.24) is 0 Å². The van der Waals surface area contributed by atoms with E-state index in [9.17, 15) is 8.78 Å². The van der Waals surface area contributed by atoms with Crippen molar-refractivity contribution in [3.8, 4) is 0 Å². The van der Waals surface area contributed by atoms with Crippen LogP contribution in [0.15, 0.2) is 42.5 Å². The summed E-state index contributed by atoms with van der Waals surface area (Å²) in [6.45, 7) is 3.95. The topological polar surface area (TPSA) is 12.0 Å². The second-order valence-electron chi connectivity index (χ2n) is 4.92. The molecule has 106 valence electrons. The van der Waals surface area contributed by atoms with Crippen molar-refractivity contribution in [1.29, 1.82) is 0 Å². The maximum Gasteiger partial charge on any atom is 0.164 e. The average molecular weight is 275 g/mol. The molecule has 0 aromatic heterocycles. The lowest BCUT2D eigenvalue weighted by Gasteiger charge is -2.19. The summed E-state index contributed by atoms with van der Waals surface area (Å²) in [5, 5.41) is 3.27. The largest absolute Gasteiger partial charge is 0.378 e. The van der Waals surface area contributed by atoms with E-state index in [4.69, 9.17) is 0 Å². The number of aryl methyl sites for hydroxylation is 1. The van der Waals surface area contributed by atoms with E-state index < -0.39 is 11.6 Å². The van der Waals surface area contributed by atoms with Gasteiger partial charge in [0.1, 0.15) is 0 Å². The molecule has 0 saturated carbocycles. The van der Waals surface area contributed by atoms with Gasteiger partial charge in [0.05, 0.1) is 6.04 Å². The van der Waals surface area contributed by atoms with Crippen LogP contribution < -0.4 is 5.32 Å². The summed E-state index contributed by atoms with van der Waals surface area (Å²) < 4.78 is 27.1. The number of hydrogen-bond acceptors (Lipinski definition) is 1. The molecule has 0 radical (unpaired) electrons. The molecule has 0 spiro atoms. The molecule has 0 aliphatic heterocycles. The van der Waals surface area contributed by atoms with Gasteiger partial charge in [-0.05, 0) is 31.0 Å². The van der Waals surface area contributed by atoms with Gasteiger partial charge in [0.25, 0.3) is 0 Å². The smallest absolute Gasteiger partial charge is 0.164 e. The summed E-state index contributed by atoms with van der Waals surface area (Å²) in [6.07, 6.45) is 2.00. The fraction of sp³-hybridized carbons (Fsp3) is 0.294. The Kier molecular flexibility index (Phi) is 4.72. The van der Waals surface area contributed by atoms with Crippen molar-refractivity contribution in [2.75, 3.05) is 5.32 Å². The molecule has 1 nitrogen and oxygen atoms in total. The normalized spacial score (nSPS) is 12.2. The van der Waals surface area contributed by atoms with Crippen molar-refractivity contribution in [2.45, 2.75) is 32.7 Å². The first-order valence-electron chi connectivity index (χ1n) is 6.91. The number of anilines is 1. The molecule has 0 saturated heterocycles. The van der Waals surface area contributed by atoms with E-state index in [0.717, 1.165) is 24.6 Å². The van der Waals surface area contributed by atoms with E-state index in [1.807, 2.05) is 25.1 Å². The maximum atomic E-state index is 13.8. The molecule has 0 heterocycles. The van der Waals surface area contributed by atoms with Crippen molar-refractivity contribution in [2.24, 2.45) is 0 Å². The lowest BCUT2D eigenvalue weighted by molar-refractivity contribution is 0.494. The van der Waals surface area contributed by atoms with Crippen LogP contribution in [0.4, 0.5) is 14.5 Å². The first-order chi connectivity index (χ1) is 9.63. The van der Waals surface area contributed by atoms with Crippen LogP contribution in [0.5, 0.6) is 0 Å². The molecule has 1 unspecified atom stereocenters. The molecule has 1 N–H and O–H groups in total. The molecule has 20 heavy (non-hydrogen) atoms. The zero-order chi connectivity index (χ0) is 14.5. The third-order valence-electron chi connectivity index (χ3n) is 3.36. The second kappa shape index (κ2) is 6.51. The molecule has 1 atom stereocenters. The Hall–Kier alpha value is -1.90. The number of nitrogens with one attached hydrogen (secondary N) is 1. The molecule has 3 heteroatoms. The molecule has 2 aromatic rings. The molecular weight excluding hydrogens is 256 g/mol. The van der Waals surface area contributed by atoms with Gasteiger partial charge in [0.2, 0.25) is 0 Å². The molecule has 0 fully saturated rings. The molecule has 0 aliphatic rings. The molecule has 2 aromatic carbocycles. The van der Waals surface area contributed by atoms with Gasteiger partial charge in [-0.25, -0.2) is 8.78 Å². The summed E-state index contributed by atoms with van der Waals surface area (Å²) >= 11 is 0. The van der Waals surface area contributed by atoms with Crippen LogP contribution in [0.2, 0.25) is 0 Å². The Bertz CT molecular complexity index is 581. The van der Waals surface area contributed by atoms with E-state index in [1.54, 1.807) is 6.07 Å². The first-order valence-corrected chi connectivity index (χ1v) is 6.91. The molecule has 2 rings (SSSR count). The number of halogens is 2. The van der Waals surface area contributed by atoms with Crippen LogP contribution in [0.25, 0.3) is 0 Å². The van der Waals surface area contributed by atoms with Gasteiger partial charge in [-0.3, -0.25) is 0 Å². The van der Waals surface area contributed by atoms with E-state index in [-0.39, 0.29) is 6.04 Å². The predicted molar refractivity (Wildman–Crippen MR) is 78.8 cm³/mol. The molecule has 0 aliphatic carbocycles. The van der Waals surface area contributed by atoms with E-state index >= 15 is 0 Å². The van der Waals surface area contributed by atoms with E-state index in [2.05, 4.69) is 18.3 Å². The Labute approximate surface area is 118 Å². The third kappa shape index (κ3) is 3.16. The highest BCUT2D eigenvalue weighted by molar-refractivity contribution is 5.52. The van der Waals surface area contributed by atoms with Crippen LogP contribution in [0.1, 0.15) is 37.4 Å². The van der Waals surface area contributed by atoms with Gasteiger partial charge in [-0.2, -0.15) is 0 Å². The highest BCUT2D eigenvalue weighted by atomic mass is 19.2. The monoisotopic (exact) mass is 275 g/mol. The van der Waals surface area contributed by atoms with E-state index in [1.165, 1.54) is 11.6 Å².